The normalized spacial score (nSPS) is 11.4. The molecule has 0 spiro atoms. The van der Waals surface area contributed by atoms with Crippen LogP contribution in [0.1, 0.15) is 37.0 Å². The van der Waals surface area contributed by atoms with Gasteiger partial charge in [0.15, 0.2) is 0 Å². The first-order valence-corrected chi connectivity index (χ1v) is 8.61. The van der Waals surface area contributed by atoms with Crippen molar-refractivity contribution in [1.82, 2.24) is 0 Å². The minimum atomic E-state index is -1.23. The number of hydrogen-bond acceptors (Lipinski definition) is 5. The van der Waals surface area contributed by atoms with Crippen molar-refractivity contribution < 1.29 is 23.9 Å². The first-order chi connectivity index (χ1) is 12.6. The van der Waals surface area contributed by atoms with Gasteiger partial charge in [-0.25, -0.2) is 9.59 Å². The average Bonchev–Trinajstić information content (AvgIpc) is 2.67. The van der Waals surface area contributed by atoms with Crippen LogP contribution in [0.2, 0.25) is 0 Å². The second kappa shape index (κ2) is 10.1. The van der Waals surface area contributed by atoms with Crippen molar-refractivity contribution in [3.63, 3.8) is 0 Å². The van der Waals surface area contributed by atoms with Gasteiger partial charge in [0, 0.05) is 12.0 Å². The Labute approximate surface area is 152 Å². The highest BCUT2D eigenvalue weighted by Gasteiger charge is 2.28. The summed E-state index contributed by atoms with van der Waals surface area (Å²) in [6, 6.07) is 18.2. The maximum Gasteiger partial charge on any atom is 0.375 e. The van der Waals surface area contributed by atoms with E-state index in [9.17, 15) is 14.4 Å². The third-order valence-electron chi connectivity index (χ3n) is 3.77. The van der Waals surface area contributed by atoms with Gasteiger partial charge in [-0.1, -0.05) is 60.7 Å². The fourth-order valence-electron chi connectivity index (χ4n) is 2.47. The molecule has 0 aliphatic heterocycles. The van der Waals surface area contributed by atoms with Crippen molar-refractivity contribution in [2.24, 2.45) is 0 Å². The van der Waals surface area contributed by atoms with Crippen LogP contribution in [0.3, 0.4) is 0 Å². The molecule has 0 bridgehead atoms. The van der Waals surface area contributed by atoms with Crippen molar-refractivity contribution in [2.75, 3.05) is 6.61 Å². The lowest BCUT2D eigenvalue weighted by atomic mass is 10.1. The molecule has 2 aromatic rings. The van der Waals surface area contributed by atoms with E-state index < -0.39 is 23.8 Å². The van der Waals surface area contributed by atoms with Gasteiger partial charge in [0.25, 0.3) is 0 Å². The van der Waals surface area contributed by atoms with Gasteiger partial charge in [0.2, 0.25) is 11.9 Å². The SMILES string of the molecule is CCOC(=O)[C@@H](OC(=O)C(=O)CCCc1ccccc1)c1ccccc1. The fourth-order valence-corrected chi connectivity index (χ4v) is 2.47. The van der Waals surface area contributed by atoms with Crippen molar-refractivity contribution in [3.8, 4) is 0 Å². The van der Waals surface area contributed by atoms with E-state index in [4.69, 9.17) is 9.47 Å². The number of carbonyl (C=O) groups excluding carboxylic acids is 3. The Kier molecular flexibility index (Phi) is 7.55. The molecule has 0 amide bonds. The van der Waals surface area contributed by atoms with Gasteiger partial charge in [-0.2, -0.15) is 0 Å². The third kappa shape index (κ3) is 5.84. The van der Waals surface area contributed by atoms with Crippen LogP contribution in [0.4, 0.5) is 0 Å². The first kappa shape index (κ1) is 19.4. The summed E-state index contributed by atoms with van der Waals surface area (Å²) in [4.78, 5) is 36.2. The molecule has 0 radical (unpaired) electrons. The molecule has 0 fully saturated rings. The van der Waals surface area contributed by atoms with E-state index in [0.717, 1.165) is 5.56 Å². The highest BCUT2D eigenvalue weighted by Crippen LogP contribution is 2.20. The quantitative estimate of drug-likeness (QED) is 0.510. The molecule has 0 saturated heterocycles. The van der Waals surface area contributed by atoms with E-state index in [1.807, 2.05) is 30.3 Å². The molecular formula is C21H22O5. The summed E-state index contributed by atoms with van der Waals surface area (Å²) in [6.07, 6.45) is 0.0624. The van der Waals surface area contributed by atoms with Crippen LogP contribution >= 0.6 is 0 Å². The number of esters is 2. The van der Waals surface area contributed by atoms with Crippen LogP contribution in [-0.2, 0) is 30.3 Å². The van der Waals surface area contributed by atoms with Gasteiger partial charge >= 0.3 is 11.9 Å². The number of ketones is 1. The number of benzene rings is 2. The number of Topliss-reactive ketones (excluding diaryl/α,β-unsaturated/α-hetero) is 1. The molecule has 0 N–H and O–H groups in total. The second-order valence-corrected chi connectivity index (χ2v) is 5.71. The summed E-state index contributed by atoms with van der Waals surface area (Å²) >= 11 is 0. The highest BCUT2D eigenvalue weighted by molar-refractivity contribution is 6.33. The molecule has 2 rings (SSSR count). The van der Waals surface area contributed by atoms with Crippen LogP contribution in [0.25, 0.3) is 0 Å². The topological polar surface area (TPSA) is 69.7 Å². The van der Waals surface area contributed by atoms with Crippen LogP contribution in [0.15, 0.2) is 60.7 Å². The summed E-state index contributed by atoms with van der Waals surface area (Å²) in [5.41, 5.74) is 1.57. The molecule has 0 aromatic heterocycles. The molecule has 5 nitrogen and oxygen atoms in total. The van der Waals surface area contributed by atoms with Gasteiger partial charge in [0.1, 0.15) is 0 Å². The van der Waals surface area contributed by atoms with Gasteiger partial charge in [-0.05, 0) is 25.3 Å². The fraction of sp³-hybridized carbons (Fsp3) is 0.286. The Morgan fingerprint density at radius 2 is 1.54 bits per heavy atom. The predicted octanol–water partition coefficient (Wildman–Crippen LogP) is 3.43. The van der Waals surface area contributed by atoms with E-state index >= 15 is 0 Å². The molecule has 5 heteroatoms. The second-order valence-electron chi connectivity index (χ2n) is 5.71. The molecule has 136 valence electrons. The van der Waals surface area contributed by atoms with Crippen molar-refractivity contribution in [2.45, 2.75) is 32.3 Å². The zero-order chi connectivity index (χ0) is 18.8. The Morgan fingerprint density at radius 1 is 0.923 bits per heavy atom. The molecule has 0 saturated carbocycles. The lowest BCUT2D eigenvalue weighted by Crippen LogP contribution is -2.26. The van der Waals surface area contributed by atoms with E-state index in [-0.39, 0.29) is 13.0 Å². The van der Waals surface area contributed by atoms with Crippen molar-refractivity contribution in [1.29, 1.82) is 0 Å². The minimum absolute atomic E-state index is 0.0675. The lowest BCUT2D eigenvalue weighted by Gasteiger charge is -2.16. The zero-order valence-corrected chi connectivity index (χ0v) is 14.7. The van der Waals surface area contributed by atoms with Gasteiger partial charge < -0.3 is 9.47 Å². The van der Waals surface area contributed by atoms with Gasteiger partial charge in [-0.3, -0.25) is 4.79 Å². The summed E-state index contributed by atoms with van der Waals surface area (Å²) in [5.74, 6) is -2.35. The van der Waals surface area contributed by atoms with Crippen LogP contribution < -0.4 is 0 Å². The van der Waals surface area contributed by atoms with Crippen LogP contribution in [-0.4, -0.2) is 24.3 Å². The van der Waals surface area contributed by atoms with Gasteiger partial charge in [0.05, 0.1) is 6.61 Å². The molecule has 0 heterocycles. The van der Waals surface area contributed by atoms with Crippen molar-refractivity contribution >= 4 is 17.7 Å². The molecule has 26 heavy (non-hydrogen) atoms. The number of ether oxygens (including phenoxy) is 2. The first-order valence-electron chi connectivity index (χ1n) is 8.61. The maximum atomic E-state index is 12.1. The largest absolute Gasteiger partial charge is 0.463 e. The zero-order valence-electron chi connectivity index (χ0n) is 14.7. The summed E-state index contributed by atoms with van der Waals surface area (Å²) in [7, 11) is 0. The number of rotatable bonds is 9. The predicted molar refractivity (Wildman–Crippen MR) is 96.3 cm³/mol. The van der Waals surface area contributed by atoms with Gasteiger partial charge in [-0.15, -0.1) is 0 Å². The monoisotopic (exact) mass is 354 g/mol. The Hall–Kier alpha value is -2.95. The van der Waals surface area contributed by atoms with E-state index in [1.165, 1.54) is 0 Å². The maximum absolute atomic E-state index is 12.1. The number of carbonyl (C=O) groups is 3. The highest BCUT2D eigenvalue weighted by atomic mass is 16.6. The summed E-state index contributed by atoms with van der Waals surface area (Å²) < 4.78 is 10.1. The summed E-state index contributed by atoms with van der Waals surface area (Å²) in [5, 5.41) is 0. The summed E-state index contributed by atoms with van der Waals surface area (Å²) in [6.45, 7) is 1.82. The minimum Gasteiger partial charge on any atom is -0.463 e. The molecular weight excluding hydrogens is 332 g/mol. The smallest absolute Gasteiger partial charge is 0.375 e. The average molecular weight is 354 g/mol. The Balaban J connectivity index is 1.93. The molecule has 1 atom stereocenters. The lowest BCUT2D eigenvalue weighted by molar-refractivity contribution is -0.170. The third-order valence-corrected chi connectivity index (χ3v) is 3.77. The Bertz CT molecular complexity index is 725. The molecule has 0 unspecified atom stereocenters. The van der Waals surface area contributed by atoms with Crippen LogP contribution in [0.5, 0.6) is 0 Å². The van der Waals surface area contributed by atoms with E-state index in [1.54, 1.807) is 37.3 Å². The van der Waals surface area contributed by atoms with Crippen LogP contribution in [0, 0.1) is 0 Å². The number of aryl methyl sites for hydroxylation is 1. The Morgan fingerprint density at radius 3 is 2.15 bits per heavy atom. The van der Waals surface area contributed by atoms with E-state index in [2.05, 4.69) is 0 Å². The van der Waals surface area contributed by atoms with E-state index in [0.29, 0.717) is 18.4 Å². The molecule has 2 aromatic carbocycles. The molecule has 0 aliphatic rings. The van der Waals surface area contributed by atoms with Crippen molar-refractivity contribution in [3.05, 3.63) is 71.8 Å². The standard InChI is InChI=1S/C21H22O5/c1-2-25-21(24)19(17-13-7-4-8-14-17)26-20(23)18(22)15-9-12-16-10-5-3-6-11-16/h3-8,10-11,13-14,19H,2,9,12,15H2,1H3/t19-/m0/s1. The molecule has 0 aliphatic carbocycles. The number of hydrogen-bond donors (Lipinski definition) is 0.